The SMILES string of the molecule is CCCCc1noc(CN2C(=O)NC(C)(c3ccc(C#N)cc3)C2=O)n1. The number of urea groups is 1. The van der Waals surface area contributed by atoms with Crippen LogP contribution in [0.25, 0.3) is 0 Å². The van der Waals surface area contributed by atoms with Crippen LogP contribution in [0.2, 0.25) is 0 Å². The number of hydrogen-bond acceptors (Lipinski definition) is 6. The summed E-state index contributed by atoms with van der Waals surface area (Å²) in [6.07, 6.45) is 2.65. The second kappa shape index (κ2) is 6.96. The molecule has 1 aromatic carbocycles. The number of hydrogen-bond donors (Lipinski definition) is 1. The molecule has 0 saturated carbocycles. The van der Waals surface area contributed by atoms with Crippen LogP contribution in [0, 0.1) is 11.3 Å². The topological polar surface area (TPSA) is 112 Å². The molecule has 3 amide bonds. The Morgan fingerprint density at radius 3 is 2.69 bits per heavy atom. The molecular weight excluding hydrogens is 334 g/mol. The minimum Gasteiger partial charge on any atom is -0.337 e. The van der Waals surface area contributed by atoms with Crippen LogP contribution in [-0.4, -0.2) is 27.0 Å². The summed E-state index contributed by atoms with van der Waals surface area (Å²) >= 11 is 0. The summed E-state index contributed by atoms with van der Waals surface area (Å²) in [5.74, 6) is 0.396. The van der Waals surface area contributed by atoms with Crippen molar-refractivity contribution in [1.82, 2.24) is 20.4 Å². The van der Waals surface area contributed by atoms with Gasteiger partial charge in [-0.25, -0.2) is 4.79 Å². The van der Waals surface area contributed by atoms with Gasteiger partial charge >= 0.3 is 6.03 Å². The highest BCUT2D eigenvalue weighted by Crippen LogP contribution is 2.29. The Morgan fingerprint density at radius 1 is 1.31 bits per heavy atom. The number of nitrogens with one attached hydrogen (secondary N) is 1. The number of rotatable bonds is 6. The maximum Gasteiger partial charge on any atom is 0.325 e. The number of carbonyl (C=O) groups is 2. The van der Waals surface area contributed by atoms with E-state index in [1.807, 2.05) is 6.07 Å². The molecule has 26 heavy (non-hydrogen) atoms. The molecule has 8 heteroatoms. The molecular formula is C18H19N5O3. The Balaban J connectivity index is 1.77. The molecule has 0 spiro atoms. The van der Waals surface area contributed by atoms with Gasteiger partial charge in [-0.05, 0) is 31.0 Å². The third-order valence-corrected chi connectivity index (χ3v) is 4.42. The maximum atomic E-state index is 12.9. The molecule has 0 aliphatic carbocycles. The van der Waals surface area contributed by atoms with E-state index in [-0.39, 0.29) is 12.4 Å². The predicted octanol–water partition coefficient (Wildman–Crippen LogP) is 2.25. The minimum atomic E-state index is -1.20. The molecule has 3 rings (SSSR count). The molecule has 1 saturated heterocycles. The molecule has 1 N–H and O–H groups in total. The average molecular weight is 353 g/mol. The Morgan fingerprint density at radius 2 is 2.04 bits per heavy atom. The van der Waals surface area contributed by atoms with Crippen molar-refractivity contribution < 1.29 is 14.1 Å². The van der Waals surface area contributed by atoms with Crippen molar-refractivity contribution in [2.45, 2.75) is 45.2 Å². The summed E-state index contributed by atoms with van der Waals surface area (Å²) in [7, 11) is 0. The van der Waals surface area contributed by atoms with E-state index >= 15 is 0 Å². The molecule has 134 valence electrons. The number of unbranched alkanes of at least 4 members (excludes halogenated alkanes) is 1. The summed E-state index contributed by atoms with van der Waals surface area (Å²) in [5, 5.41) is 15.5. The number of nitrogens with zero attached hydrogens (tertiary/aromatic N) is 4. The van der Waals surface area contributed by atoms with E-state index in [0.29, 0.717) is 23.4 Å². The number of aryl methyl sites for hydroxylation is 1. The fraction of sp³-hybridized carbons (Fsp3) is 0.389. The van der Waals surface area contributed by atoms with E-state index in [1.54, 1.807) is 31.2 Å². The Hall–Kier alpha value is -3.21. The third-order valence-electron chi connectivity index (χ3n) is 4.42. The van der Waals surface area contributed by atoms with Gasteiger partial charge in [-0.3, -0.25) is 9.69 Å². The van der Waals surface area contributed by atoms with Gasteiger partial charge in [0.05, 0.1) is 11.6 Å². The first-order valence-electron chi connectivity index (χ1n) is 8.44. The molecule has 1 fully saturated rings. The Kier molecular flexibility index (Phi) is 4.71. The van der Waals surface area contributed by atoms with Gasteiger partial charge in [0, 0.05) is 6.42 Å². The highest BCUT2D eigenvalue weighted by Gasteiger charge is 2.49. The average Bonchev–Trinajstić information content (AvgIpc) is 3.19. The summed E-state index contributed by atoms with van der Waals surface area (Å²) in [6.45, 7) is 3.63. The van der Waals surface area contributed by atoms with Crippen LogP contribution >= 0.6 is 0 Å². The Bertz CT molecular complexity index is 868. The molecule has 1 aliphatic rings. The maximum absolute atomic E-state index is 12.9. The normalized spacial score (nSPS) is 19.5. The van der Waals surface area contributed by atoms with Crippen molar-refractivity contribution in [3.63, 3.8) is 0 Å². The van der Waals surface area contributed by atoms with E-state index in [0.717, 1.165) is 17.7 Å². The van der Waals surface area contributed by atoms with Crippen LogP contribution in [0.15, 0.2) is 28.8 Å². The van der Waals surface area contributed by atoms with Crippen LogP contribution in [0.4, 0.5) is 4.79 Å². The molecule has 8 nitrogen and oxygen atoms in total. The van der Waals surface area contributed by atoms with Crippen LogP contribution in [0.3, 0.4) is 0 Å². The summed E-state index contributed by atoms with van der Waals surface area (Å²) in [4.78, 5) is 30.5. The molecule has 2 heterocycles. The summed E-state index contributed by atoms with van der Waals surface area (Å²) in [6, 6.07) is 8.06. The first-order chi connectivity index (χ1) is 12.5. The lowest BCUT2D eigenvalue weighted by molar-refractivity contribution is -0.131. The van der Waals surface area contributed by atoms with Crippen molar-refractivity contribution in [3.05, 3.63) is 47.1 Å². The van der Waals surface area contributed by atoms with Gasteiger partial charge in [0.25, 0.3) is 5.91 Å². The molecule has 2 aromatic rings. The first-order valence-corrected chi connectivity index (χ1v) is 8.44. The zero-order valence-electron chi connectivity index (χ0n) is 14.7. The van der Waals surface area contributed by atoms with Crippen molar-refractivity contribution in [1.29, 1.82) is 5.26 Å². The Labute approximate surface area is 150 Å². The second-order valence-corrected chi connectivity index (χ2v) is 6.34. The van der Waals surface area contributed by atoms with Crippen LogP contribution in [0.1, 0.15) is 49.5 Å². The van der Waals surface area contributed by atoms with Gasteiger partial charge in [-0.2, -0.15) is 10.2 Å². The van der Waals surface area contributed by atoms with Crippen LogP contribution < -0.4 is 5.32 Å². The number of nitriles is 1. The molecule has 1 atom stereocenters. The van der Waals surface area contributed by atoms with Crippen LogP contribution in [-0.2, 0) is 23.3 Å². The quantitative estimate of drug-likeness (QED) is 0.797. The zero-order valence-corrected chi connectivity index (χ0v) is 14.7. The lowest BCUT2D eigenvalue weighted by atomic mass is 9.91. The van der Waals surface area contributed by atoms with Gasteiger partial charge in [0.15, 0.2) is 5.82 Å². The number of benzene rings is 1. The molecule has 1 unspecified atom stereocenters. The zero-order chi connectivity index (χ0) is 18.7. The predicted molar refractivity (Wildman–Crippen MR) is 90.5 cm³/mol. The van der Waals surface area contributed by atoms with Crippen molar-refractivity contribution in [3.8, 4) is 6.07 Å². The largest absolute Gasteiger partial charge is 0.337 e. The van der Waals surface area contributed by atoms with E-state index in [4.69, 9.17) is 9.78 Å². The smallest absolute Gasteiger partial charge is 0.325 e. The highest BCUT2D eigenvalue weighted by molar-refractivity contribution is 6.07. The highest BCUT2D eigenvalue weighted by atomic mass is 16.5. The van der Waals surface area contributed by atoms with E-state index < -0.39 is 17.5 Å². The van der Waals surface area contributed by atoms with E-state index in [2.05, 4.69) is 22.4 Å². The van der Waals surface area contributed by atoms with Crippen molar-refractivity contribution in [2.24, 2.45) is 0 Å². The van der Waals surface area contributed by atoms with Gasteiger partial charge in [-0.15, -0.1) is 0 Å². The number of aromatic nitrogens is 2. The van der Waals surface area contributed by atoms with Gasteiger partial charge < -0.3 is 9.84 Å². The third kappa shape index (κ3) is 3.16. The van der Waals surface area contributed by atoms with Crippen LogP contribution in [0.5, 0.6) is 0 Å². The lowest BCUT2D eigenvalue weighted by Gasteiger charge is -2.21. The molecule has 0 radical (unpaired) electrons. The number of imide groups is 1. The number of amides is 3. The molecule has 1 aliphatic heterocycles. The van der Waals surface area contributed by atoms with Crippen molar-refractivity contribution in [2.75, 3.05) is 0 Å². The molecule has 0 bridgehead atoms. The lowest BCUT2D eigenvalue weighted by Crippen LogP contribution is -2.40. The van der Waals surface area contributed by atoms with E-state index in [1.165, 1.54) is 0 Å². The second-order valence-electron chi connectivity index (χ2n) is 6.34. The van der Waals surface area contributed by atoms with Gasteiger partial charge in [0.1, 0.15) is 12.1 Å². The standard InChI is InChI=1S/C18H19N5O3/c1-3-4-5-14-20-15(26-22-14)11-23-16(24)18(2,21-17(23)25)13-8-6-12(10-19)7-9-13/h6-9H,3-5,11H2,1-2H3,(H,21,25). The monoisotopic (exact) mass is 353 g/mol. The van der Waals surface area contributed by atoms with E-state index in [9.17, 15) is 9.59 Å². The first kappa shape index (κ1) is 17.6. The fourth-order valence-corrected chi connectivity index (χ4v) is 2.84. The fourth-order valence-electron chi connectivity index (χ4n) is 2.84. The van der Waals surface area contributed by atoms with Gasteiger partial charge in [0.2, 0.25) is 5.89 Å². The molecule has 1 aromatic heterocycles. The van der Waals surface area contributed by atoms with Gasteiger partial charge in [-0.1, -0.05) is 30.6 Å². The summed E-state index contributed by atoms with van der Waals surface area (Å²) < 4.78 is 5.15. The van der Waals surface area contributed by atoms with Crippen molar-refractivity contribution >= 4 is 11.9 Å². The minimum absolute atomic E-state index is 0.0737. The number of carbonyl (C=O) groups excluding carboxylic acids is 2. The summed E-state index contributed by atoms with van der Waals surface area (Å²) in [5.41, 5.74) is -0.112.